The first-order valence-corrected chi connectivity index (χ1v) is 9.90. The second-order valence-corrected chi connectivity index (χ2v) is 7.57. The van der Waals surface area contributed by atoms with Crippen LogP contribution >= 0.6 is 0 Å². The van der Waals surface area contributed by atoms with Crippen LogP contribution in [0.5, 0.6) is 5.75 Å². The number of imidazole rings is 1. The van der Waals surface area contributed by atoms with Crippen molar-refractivity contribution in [1.29, 1.82) is 0 Å². The van der Waals surface area contributed by atoms with E-state index in [0.29, 0.717) is 24.5 Å². The van der Waals surface area contributed by atoms with Crippen LogP contribution in [0.2, 0.25) is 0 Å². The molecule has 1 aliphatic rings. The smallest absolute Gasteiger partial charge is 0.220 e. The summed E-state index contributed by atoms with van der Waals surface area (Å²) in [5, 5.41) is 4.50. The van der Waals surface area contributed by atoms with Gasteiger partial charge in [-0.25, -0.2) is 19.6 Å². The van der Waals surface area contributed by atoms with Crippen molar-refractivity contribution in [2.24, 2.45) is 0 Å². The molecule has 30 heavy (non-hydrogen) atoms. The van der Waals surface area contributed by atoms with Gasteiger partial charge in [-0.05, 0) is 50.6 Å². The first kappa shape index (κ1) is 18.5. The van der Waals surface area contributed by atoms with Crippen LogP contribution in [0, 0.1) is 12.9 Å². The Morgan fingerprint density at radius 1 is 1.10 bits per heavy atom. The fraction of sp³-hybridized carbons (Fsp3) is 0.273. The molecule has 1 aliphatic heterocycles. The summed E-state index contributed by atoms with van der Waals surface area (Å²) in [7, 11) is 0. The van der Waals surface area contributed by atoms with Gasteiger partial charge in [0.15, 0.2) is 5.82 Å². The minimum absolute atomic E-state index is 0.165. The Morgan fingerprint density at radius 2 is 1.97 bits per heavy atom. The van der Waals surface area contributed by atoms with Crippen molar-refractivity contribution in [3.05, 3.63) is 54.5 Å². The molecule has 0 saturated heterocycles. The summed E-state index contributed by atoms with van der Waals surface area (Å²) >= 11 is 0. The number of fused-ring (bicyclic) bond motifs is 3. The molecule has 0 aliphatic carbocycles. The molecule has 0 fully saturated rings. The Morgan fingerprint density at radius 3 is 2.77 bits per heavy atom. The number of ether oxygens (including phenoxy) is 1. The summed E-state index contributed by atoms with van der Waals surface area (Å²) in [5.74, 6) is 2.43. The third-order valence-corrected chi connectivity index (χ3v) is 5.11. The molecule has 0 saturated carbocycles. The first-order valence-electron chi connectivity index (χ1n) is 9.90. The zero-order valence-corrected chi connectivity index (χ0v) is 17.0. The largest absolute Gasteiger partial charge is 0.491 e. The molecule has 0 unspecified atom stereocenters. The fourth-order valence-corrected chi connectivity index (χ4v) is 3.73. The number of benzene rings is 1. The molecule has 0 spiro atoms. The van der Waals surface area contributed by atoms with Crippen LogP contribution in [0.1, 0.15) is 25.7 Å². The highest BCUT2D eigenvalue weighted by Crippen LogP contribution is 2.37. The highest BCUT2D eigenvalue weighted by Gasteiger charge is 2.23. The summed E-state index contributed by atoms with van der Waals surface area (Å²) in [6.45, 7) is 7.18. The lowest BCUT2D eigenvalue weighted by Crippen LogP contribution is -2.06. The second kappa shape index (κ2) is 7.05. The number of rotatable bonds is 3. The van der Waals surface area contributed by atoms with Crippen molar-refractivity contribution < 1.29 is 9.13 Å². The van der Waals surface area contributed by atoms with E-state index in [2.05, 4.69) is 33.5 Å². The van der Waals surface area contributed by atoms with Crippen LogP contribution in [0.15, 0.2) is 42.7 Å². The third kappa shape index (κ3) is 3.04. The predicted octanol–water partition coefficient (Wildman–Crippen LogP) is 4.29. The van der Waals surface area contributed by atoms with Gasteiger partial charge in [-0.2, -0.15) is 9.49 Å². The molecular weight excluding hydrogens is 383 g/mol. The Hall–Kier alpha value is -3.55. The maximum atomic E-state index is 14.3. The van der Waals surface area contributed by atoms with Crippen LogP contribution in [0.4, 0.5) is 4.39 Å². The number of halogens is 1. The van der Waals surface area contributed by atoms with Gasteiger partial charge in [-0.1, -0.05) is 6.07 Å². The van der Waals surface area contributed by atoms with E-state index in [-0.39, 0.29) is 6.04 Å². The van der Waals surface area contributed by atoms with Gasteiger partial charge in [0.2, 0.25) is 5.95 Å². The SMILES string of the molecule is Cc1nc(-c2cn3c(n2)-c2cc(-c4cccnc4F)ccc2OCC3)n(C(C)C)n1. The lowest BCUT2D eigenvalue weighted by atomic mass is 10.0. The summed E-state index contributed by atoms with van der Waals surface area (Å²) in [6.07, 6.45) is 3.42. The van der Waals surface area contributed by atoms with Gasteiger partial charge < -0.3 is 9.30 Å². The molecule has 0 amide bonds. The van der Waals surface area contributed by atoms with E-state index in [1.165, 1.54) is 6.20 Å². The summed E-state index contributed by atoms with van der Waals surface area (Å²) < 4.78 is 24.1. The van der Waals surface area contributed by atoms with Crippen molar-refractivity contribution in [2.75, 3.05) is 6.61 Å². The van der Waals surface area contributed by atoms with Gasteiger partial charge in [-0.15, -0.1) is 0 Å². The van der Waals surface area contributed by atoms with Crippen LogP contribution in [0.3, 0.4) is 0 Å². The number of aromatic nitrogens is 6. The number of pyridine rings is 1. The first-order chi connectivity index (χ1) is 14.5. The van der Waals surface area contributed by atoms with E-state index < -0.39 is 5.95 Å². The van der Waals surface area contributed by atoms with E-state index in [0.717, 1.165) is 34.2 Å². The molecule has 152 valence electrons. The minimum Gasteiger partial charge on any atom is -0.491 e. The monoisotopic (exact) mass is 404 g/mol. The van der Waals surface area contributed by atoms with Crippen molar-refractivity contribution in [3.63, 3.8) is 0 Å². The summed E-state index contributed by atoms with van der Waals surface area (Å²) in [6, 6.07) is 9.22. The van der Waals surface area contributed by atoms with Crippen molar-refractivity contribution >= 4 is 0 Å². The summed E-state index contributed by atoms with van der Waals surface area (Å²) in [5.41, 5.74) is 2.73. The molecule has 4 aromatic rings. The highest BCUT2D eigenvalue weighted by molar-refractivity contribution is 5.76. The van der Waals surface area contributed by atoms with Crippen LogP contribution in [-0.2, 0) is 6.54 Å². The molecule has 8 heteroatoms. The second-order valence-electron chi connectivity index (χ2n) is 7.57. The van der Waals surface area contributed by atoms with Crippen LogP contribution < -0.4 is 4.74 Å². The summed E-state index contributed by atoms with van der Waals surface area (Å²) in [4.78, 5) is 13.2. The molecule has 7 nitrogen and oxygen atoms in total. The molecular formula is C22H21FN6O. The Labute approximate surface area is 173 Å². The molecule has 1 aromatic carbocycles. The lowest BCUT2D eigenvalue weighted by molar-refractivity contribution is 0.306. The number of aryl methyl sites for hydroxylation is 1. The van der Waals surface area contributed by atoms with E-state index in [4.69, 9.17) is 9.72 Å². The van der Waals surface area contributed by atoms with Crippen LogP contribution in [0.25, 0.3) is 34.0 Å². The normalized spacial score (nSPS) is 13.0. The number of hydrogen-bond acceptors (Lipinski definition) is 5. The Balaban J connectivity index is 1.66. The molecule has 0 radical (unpaired) electrons. The maximum Gasteiger partial charge on any atom is 0.220 e. The van der Waals surface area contributed by atoms with E-state index in [9.17, 15) is 4.39 Å². The van der Waals surface area contributed by atoms with Gasteiger partial charge in [0, 0.05) is 24.0 Å². The molecule has 0 N–H and O–H groups in total. The quantitative estimate of drug-likeness (QED) is 0.477. The fourth-order valence-electron chi connectivity index (χ4n) is 3.73. The number of hydrogen-bond donors (Lipinski definition) is 0. The van der Waals surface area contributed by atoms with Gasteiger partial charge in [0.05, 0.1) is 12.1 Å². The van der Waals surface area contributed by atoms with E-state index in [1.54, 1.807) is 12.1 Å². The minimum atomic E-state index is -0.503. The van der Waals surface area contributed by atoms with Gasteiger partial charge in [-0.3, -0.25) is 0 Å². The predicted molar refractivity (Wildman–Crippen MR) is 110 cm³/mol. The zero-order valence-electron chi connectivity index (χ0n) is 17.0. The zero-order chi connectivity index (χ0) is 20.8. The average molecular weight is 404 g/mol. The van der Waals surface area contributed by atoms with Gasteiger partial charge >= 0.3 is 0 Å². The van der Waals surface area contributed by atoms with Gasteiger partial charge in [0.1, 0.15) is 29.7 Å². The third-order valence-electron chi connectivity index (χ3n) is 5.11. The molecule has 3 aromatic heterocycles. The van der Waals surface area contributed by atoms with E-state index in [1.807, 2.05) is 36.0 Å². The molecule has 0 atom stereocenters. The van der Waals surface area contributed by atoms with Crippen molar-refractivity contribution in [3.8, 4) is 39.8 Å². The Bertz CT molecular complexity index is 1240. The number of nitrogens with zero attached hydrogens (tertiary/aromatic N) is 6. The molecule has 5 rings (SSSR count). The highest BCUT2D eigenvalue weighted by atomic mass is 19.1. The van der Waals surface area contributed by atoms with Crippen LogP contribution in [-0.4, -0.2) is 35.9 Å². The molecule has 0 bridgehead atoms. The average Bonchev–Trinajstić information content (AvgIpc) is 3.28. The standard InChI is InChI=1S/C22H21FN6O/c1-13(2)29-22(25-14(3)27-29)18-12-28-9-10-30-19-7-6-15(11-17(19)21(28)26-18)16-5-4-8-24-20(16)23/h4-8,11-13H,9-10H2,1-3H3. The maximum absolute atomic E-state index is 14.3. The van der Waals surface area contributed by atoms with Gasteiger partial charge in [0.25, 0.3) is 0 Å². The topological polar surface area (TPSA) is 70.7 Å². The van der Waals surface area contributed by atoms with Crippen molar-refractivity contribution in [2.45, 2.75) is 33.4 Å². The molecule has 4 heterocycles. The van der Waals surface area contributed by atoms with Crippen molar-refractivity contribution in [1.82, 2.24) is 29.3 Å². The lowest BCUT2D eigenvalue weighted by Gasteiger charge is -2.10. The van der Waals surface area contributed by atoms with E-state index >= 15 is 0 Å². The Kier molecular flexibility index (Phi) is 4.34.